The second-order valence-corrected chi connectivity index (χ2v) is 6.19. The van der Waals surface area contributed by atoms with Crippen molar-refractivity contribution in [2.45, 2.75) is 64.1 Å². The second kappa shape index (κ2) is 8.54. The average molecular weight is 296 g/mol. The summed E-state index contributed by atoms with van der Waals surface area (Å²) in [6.45, 7) is 3.80. The van der Waals surface area contributed by atoms with E-state index in [-0.39, 0.29) is 6.42 Å². The van der Waals surface area contributed by atoms with Crippen molar-refractivity contribution in [1.29, 1.82) is 0 Å². The third kappa shape index (κ3) is 4.82. The predicted molar refractivity (Wildman–Crippen MR) is 81.2 cm³/mol. The molecule has 2 fully saturated rings. The van der Waals surface area contributed by atoms with Crippen molar-refractivity contribution >= 4 is 5.97 Å². The summed E-state index contributed by atoms with van der Waals surface area (Å²) in [4.78, 5) is 10.4. The van der Waals surface area contributed by atoms with Crippen LogP contribution in [0, 0.1) is 11.8 Å². The molecule has 21 heavy (non-hydrogen) atoms. The first kappa shape index (κ1) is 16.5. The summed E-state index contributed by atoms with van der Waals surface area (Å²) < 4.78 is 11.8. The van der Waals surface area contributed by atoms with Crippen LogP contribution in [0.3, 0.4) is 0 Å². The monoisotopic (exact) mass is 296 g/mol. The number of carbonyl (C=O) groups is 1. The summed E-state index contributed by atoms with van der Waals surface area (Å²) in [7, 11) is 0. The van der Waals surface area contributed by atoms with Gasteiger partial charge in [0.25, 0.3) is 0 Å². The third-order valence-corrected chi connectivity index (χ3v) is 4.59. The summed E-state index contributed by atoms with van der Waals surface area (Å²) in [5.41, 5.74) is 0. The Hall–Kier alpha value is -0.870. The topological polar surface area (TPSA) is 55.8 Å². The number of hydrogen-bond donors (Lipinski definition) is 1. The van der Waals surface area contributed by atoms with Crippen LogP contribution in [0.1, 0.15) is 51.9 Å². The van der Waals surface area contributed by atoms with Crippen molar-refractivity contribution in [1.82, 2.24) is 0 Å². The van der Waals surface area contributed by atoms with E-state index in [1.165, 1.54) is 12.8 Å². The molecule has 1 N–H and O–H groups in total. The van der Waals surface area contributed by atoms with Gasteiger partial charge in [0, 0.05) is 18.9 Å². The Bertz CT molecular complexity index is 353. The standard InChI is InChI=1S/C17H28O4/c1-2-11-20-12-14-13(15-9-10-16(14)21-15)7-5-3-4-6-8-17(18)19/h3,5,13-16H,2,4,6-12H2,1H3,(H,18,19)/b5-3-/t13-,14-,15-,16+/m1/s1. The molecule has 2 aliphatic heterocycles. The first-order valence-electron chi connectivity index (χ1n) is 8.32. The van der Waals surface area contributed by atoms with Crippen LogP contribution in [0.5, 0.6) is 0 Å². The SMILES string of the molecule is CCCOC[C@@H]1[C@@H](C/C=C\CCCC(=O)O)[C@H]2CC[C@@H]1O2. The molecule has 0 aromatic heterocycles. The molecule has 2 bridgehead atoms. The zero-order valence-corrected chi connectivity index (χ0v) is 13.0. The zero-order chi connectivity index (χ0) is 15.1. The maximum absolute atomic E-state index is 10.4. The molecule has 4 nitrogen and oxygen atoms in total. The number of aliphatic carboxylic acids is 1. The number of allylic oxidation sites excluding steroid dienone is 2. The summed E-state index contributed by atoms with van der Waals surface area (Å²) in [5, 5.41) is 8.60. The average Bonchev–Trinajstić information content (AvgIpc) is 3.04. The van der Waals surface area contributed by atoms with Gasteiger partial charge in [-0.05, 0) is 44.4 Å². The van der Waals surface area contributed by atoms with Crippen molar-refractivity contribution in [2.75, 3.05) is 13.2 Å². The van der Waals surface area contributed by atoms with Gasteiger partial charge in [0.2, 0.25) is 0 Å². The van der Waals surface area contributed by atoms with Crippen LogP contribution in [0.4, 0.5) is 0 Å². The second-order valence-electron chi connectivity index (χ2n) is 6.19. The van der Waals surface area contributed by atoms with Gasteiger partial charge in [-0.1, -0.05) is 19.1 Å². The summed E-state index contributed by atoms with van der Waals surface area (Å²) in [6.07, 6.45) is 11.5. The highest BCUT2D eigenvalue weighted by Crippen LogP contribution is 2.45. The molecular weight excluding hydrogens is 268 g/mol. The van der Waals surface area contributed by atoms with Crippen LogP contribution in [-0.4, -0.2) is 36.5 Å². The van der Waals surface area contributed by atoms with Gasteiger partial charge in [-0.15, -0.1) is 0 Å². The van der Waals surface area contributed by atoms with Gasteiger partial charge >= 0.3 is 5.97 Å². The minimum absolute atomic E-state index is 0.259. The van der Waals surface area contributed by atoms with Crippen LogP contribution in [-0.2, 0) is 14.3 Å². The smallest absolute Gasteiger partial charge is 0.303 e. The number of hydrogen-bond acceptors (Lipinski definition) is 3. The van der Waals surface area contributed by atoms with Gasteiger partial charge in [0.05, 0.1) is 18.8 Å². The van der Waals surface area contributed by atoms with Gasteiger partial charge in [0.15, 0.2) is 0 Å². The van der Waals surface area contributed by atoms with Gasteiger partial charge < -0.3 is 14.6 Å². The first-order chi connectivity index (χ1) is 10.2. The first-order valence-corrected chi connectivity index (χ1v) is 8.32. The van der Waals surface area contributed by atoms with Crippen LogP contribution < -0.4 is 0 Å². The Morgan fingerprint density at radius 1 is 1.29 bits per heavy atom. The Morgan fingerprint density at radius 3 is 2.76 bits per heavy atom. The maximum Gasteiger partial charge on any atom is 0.303 e. The zero-order valence-electron chi connectivity index (χ0n) is 13.0. The normalized spacial score (nSPS) is 31.3. The van der Waals surface area contributed by atoms with E-state index < -0.39 is 5.97 Å². The molecule has 0 saturated carbocycles. The van der Waals surface area contributed by atoms with E-state index >= 15 is 0 Å². The highest BCUT2D eigenvalue weighted by atomic mass is 16.5. The summed E-state index contributed by atoms with van der Waals surface area (Å²) in [5.74, 6) is 0.410. The van der Waals surface area contributed by atoms with E-state index in [2.05, 4.69) is 19.1 Å². The lowest BCUT2D eigenvalue weighted by molar-refractivity contribution is -0.137. The van der Waals surface area contributed by atoms with Crippen LogP contribution in [0.2, 0.25) is 0 Å². The molecule has 4 heteroatoms. The molecule has 2 aliphatic rings. The van der Waals surface area contributed by atoms with Crippen LogP contribution in [0.15, 0.2) is 12.2 Å². The molecule has 0 radical (unpaired) electrons. The molecule has 0 spiro atoms. The number of carboxylic acid groups (broad SMARTS) is 1. The highest BCUT2D eigenvalue weighted by molar-refractivity contribution is 5.66. The molecule has 0 aromatic carbocycles. The number of fused-ring (bicyclic) bond motifs is 2. The third-order valence-electron chi connectivity index (χ3n) is 4.59. The molecule has 2 rings (SSSR count). The molecule has 120 valence electrons. The van der Waals surface area contributed by atoms with Gasteiger partial charge in [-0.3, -0.25) is 4.79 Å². The Labute approximate surface area is 127 Å². The van der Waals surface area contributed by atoms with Gasteiger partial charge in [-0.25, -0.2) is 0 Å². The number of ether oxygens (including phenoxy) is 2. The van der Waals surface area contributed by atoms with Crippen molar-refractivity contribution in [3.05, 3.63) is 12.2 Å². The van der Waals surface area contributed by atoms with E-state index in [1.54, 1.807) is 0 Å². The molecule has 2 heterocycles. The minimum atomic E-state index is -0.710. The lowest BCUT2D eigenvalue weighted by Crippen LogP contribution is -2.30. The summed E-state index contributed by atoms with van der Waals surface area (Å²) in [6, 6.07) is 0. The van der Waals surface area contributed by atoms with Crippen molar-refractivity contribution in [3.8, 4) is 0 Å². The maximum atomic E-state index is 10.4. The Balaban J connectivity index is 1.72. The van der Waals surface area contributed by atoms with E-state index in [0.717, 1.165) is 38.9 Å². The number of unbranched alkanes of at least 4 members (excludes halogenated alkanes) is 1. The van der Waals surface area contributed by atoms with Crippen LogP contribution >= 0.6 is 0 Å². The molecule has 4 atom stereocenters. The molecule has 0 amide bonds. The van der Waals surface area contributed by atoms with Crippen molar-refractivity contribution < 1.29 is 19.4 Å². The number of carboxylic acids is 1. The Kier molecular flexibility index (Phi) is 6.71. The fourth-order valence-corrected chi connectivity index (χ4v) is 3.53. The van der Waals surface area contributed by atoms with Crippen molar-refractivity contribution in [3.63, 3.8) is 0 Å². The molecule has 0 aromatic rings. The van der Waals surface area contributed by atoms with Gasteiger partial charge in [0.1, 0.15) is 0 Å². The Morgan fingerprint density at radius 2 is 2.05 bits per heavy atom. The molecule has 0 aliphatic carbocycles. The molecular formula is C17H28O4. The lowest BCUT2D eigenvalue weighted by atomic mass is 9.78. The largest absolute Gasteiger partial charge is 0.481 e. The van der Waals surface area contributed by atoms with E-state index in [9.17, 15) is 4.79 Å². The minimum Gasteiger partial charge on any atom is -0.481 e. The quantitative estimate of drug-likeness (QED) is 0.496. The van der Waals surface area contributed by atoms with Crippen molar-refractivity contribution in [2.24, 2.45) is 11.8 Å². The predicted octanol–water partition coefficient (Wildman–Crippen LogP) is 3.41. The molecule has 2 saturated heterocycles. The fraction of sp³-hybridized carbons (Fsp3) is 0.824. The molecule has 0 unspecified atom stereocenters. The van der Waals surface area contributed by atoms with Crippen LogP contribution in [0.25, 0.3) is 0 Å². The fourth-order valence-electron chi connectivity index (χ4n) is 3.53. The lowest BCUT2D eigenvalue weighted by Gasteiger charge is -2.27. The van der Waals surface area contributed by atoms with E-state index in [1.807, 2.05) is 0 Å². The highest BCUT2D eigenvalue weighted by Gasteiger charge is 2.47. The van der Waals surface area contributed by atoms with E-state index in [4.69, 9.17) is 14.6 Å². The number of rotatable bonds is 10. The van der Waals surface area contributed by atoms with E-state index in [0.29, 0.717) is 24.0 Å². The summed E-state index contributed by atoms with van der Waals surface area (Å²) >= 11 is 0. The van der Waals surface area contributed by atoms with Gasteiger partial charge in [-0.2, -0.15) is 0 Å².